The van der Waals surface area contributed by atoms with E-state index in [4.69, 9.17) is 5.73 Å². The lowest BCUT2D eigenvalue weighted by atomic mass is 9.89. The van der Waals surface area contributed by atoms with Gasteiger partial charge in [-0.25, -0.2) is 0 Å². The molecule has 0 aromatic carbocycles. The molecule has 2 aliphatic carbocycles. The van der Waals surface area contributed by atoms with Gasteiger partial charge in [0.05, 0.1) is 0 Å². The van der Waals surface area contributed by atoms with Gasteiger partial charge < -0.3 is 5.73 Å². The molecule has 2 nitrogen and oxygen atoms in total. The Morgan fingerprint density at radius 3 is 2.37 bits per heavy atom. The molecule has 2 saturated carbocycles. The molecule has 2 aliphatic rings. The average molecular weight is 266 g/mol. The third kappa shape index (κ3) is 3.33. The Hall–Kier alpha value is -0.0800. The summed E-state index contributed by atoms with van der Waals surface area (Å²) in [7, 11) is 0. The van der Waals surface area contributed by atoms with E-state index < -0.39 is 0 Å². The molecule has 112 valence electrons. The van der Waals surface area contributed by atoms with Crippen molar-refractivity contribution in [3.63, 3.8) is 0 Å². The summed E-state index contributed by atoms with van der Waals surface area (Å²) >= 11 is 0. The van der Waals surface area contributed by atoms with Gasteiger partial charge in [0.2, 0.25) is 0 Å². The van der Waals surface area contributed by atoms with E-state index >= 15 is 0 Å². The summed E-state index contributed by atoms with van der Waals surface area (Å²) in [6.45, 7) is 9.18. The zero-order valence-corrected chi connectivity index (χ0v) is 13.3. The van der Waals surface area contributed by atoms with E-state index in [-0.39, 0.29) is 0 Å². The van der Waals surface area contributed by atoms with Crippen LogP contribution in [-0.4, -0.2) is 29.6 Å². The van der Waals surface area contributed by atoms with Gasteiger partial charge in [0.15, 0.2) is 0 Å². The predicted octanol–water partition coefficient (Wildman–Crippen LogP) is 3.79. The van der Waals surface area contributed by atoms with Gasteiger partial charge in [-0.05, 0) is 43.9 Å². The van der Waals surface area contributed by atoms with Gasteiger partial charge in [0, 0.05) is 24.7 Å². The van der Waals surface area contributed by atoms with Gasteiger partial charge in [-0.3, -0.25) is 4.90 Å². The van der Waals surface area contributed by atoms with Crippen LogP contribution in [0.2, 0.25) is 0 Å². The van der Waals surface area contributed by atoms with Crippen molar-refractivity contribution in [1.29, 1.82) is 0 Å². The Morgan fingerprint density at radius 1 is 1.21 bits per heavy atom. The fraction of sp³-hybridized carbons (Fsp3) is 1.00. The molecule has 0 bridgehead atoms. The Bertz CT molecular complexity index is 270. The second-order valence-electron chi connectivity index (χ2n) is 7.43. The fourth-order valence-corrected chi connectivity index (χ4v) is 4.47. The SMILES string of the molecule is CCC1CCC(CN)(N(CC(C)C)C2CCCC2)C1. The smallest absolute Gasteiger partial charge is 0.0337 e. The van der Waals surface area contributed by atoms with Crippen LogP contribution >= 0.6 is 0 Å². The first-order chi connectivity index (χ1) is 9.11. The minimum absolute atomic E-state index is 0.333. The summed E-state index contributed by atoms with van der Waals surface area (Å²) in [6.07, 6.45) is 11.1. The lowest BCUT2D eigenvalue weighted by molar-refractivity contribution is 0.0388. The molecule has 2 N–H and O–H groups in total. The van der Waals surface area contributed by atoms with Crippen LogP contribution < -0.4 is 5.73 Å². The van der Waals surface area contributed by atoms with E-state index in [1.54, 1.807) is 0 Å². The summed E-state index contributed by atoms with van der Waals surface area (Å²) in [6, 6.07) is 0.821. The number of nitrogens with zero attached hydrogens (tertiary/aromatic N) is 1. The normalized spacial score (nSPS) is 32.8. The molecule has 2 atom stereocenters. The number of hydrogen-bond donors (Lipinski definition) is 1. The summed E-state index contributed by atoms with van der Waals surface area (Å²) in [5, 5.41) is 0. The molecule has 0 amide bonds. The van der Waals surface area contributed by atoms with Crippen LogP contribution in [0.4, 0.5) is 0 Å². The highest BCUT2D eigenvalue weighted by molar-refractivity contribution is 5.01. The third-order valence-electron chi connectivity index (χ3n) is 5.58. The first kappa shape index (κ1) is 15.3. The first-order valence-corrected chi connectivity index (χ1v) is 8.58. The van der Waals surface area contributed by atoms with Crippen molar-refractivity contribution in [2.24, 2.45) is 17.6 Å². The molecule has 0 aliphatic heterocycles. The van der Waals surface area contributed by atoms with E-state index in [0.717, 1.165) is 24.4 Å². The molecule has 2 fully saturated rings. The van der Waals surface area contributed by atoms with E-state index in [1.165, 1.54) is 57.9 Å². The van der Waals surface area contributed by atoms with Crippen LogP contribution in [0.3, 0.4) is 0 Å². The molecular formula is C17H34N2. The first-order valence-electron chi connectivity index (χ1n) is 8.58. The van der Waals surface area contributed by atoms with Crippen molar-refractivity contribution in [1.82, 2.24) is 4.90 Å². The van der Waals surface area contributed by atoms with Crippen molar-refractivity contribution in [2.45, 2.75) is 83.7 Å². The second kappa shape index (κ2) is 6.58. The van der Waals surface area contributed by atoms with E-state index in [2.05, 4.69) is 25.7 Å². The Kier molecular flexibility index (Phi) is 5.30. The highest BCUT2D eigenvalue weighted by Gasteiger charge is 2.45. The summed E-state index contributed by atoms with van der Waals surface area (Å²) in [5.74, 6) is 1.67. The number of nitrogens with two attached hydrogens (primary N) is 1. The molecule has 2 heteroatoms. The lowest BCUT2D eigenvalue weighted by Crippen LogP contribution is -2.57. The van der Waals surface area contributed by atoms with Crippen molar-refractivity contribution in [3.8, 4) is 0 Å². The van der Waals surface area contributed by atoms with Crippen LogP contribution in [0.25, 0.3) is 0 Å². The topological polar surface area (TPSA) is 29.3 Å². The fourth-order valence-electron chi connectivity index (χ4n) is 4.47. The van der Waals surface area contributed by atoms with E-state index in [9.17, 15) is 0 Å². The van der Waals surface area contributed by atoms with Gasteiger partial charge in [-0.15, -0.1) is 0 Å². The van der Waals surface area contributed by atoms with Gasteiger partial charge in [-0.1, -0.05) is 40.0 Å². The monoisotopic (exact) mass is 266 g/mol. The van der Waals surface area contributed by atoms with Gasteiger partial charge in [0.1, 0.15) is 0 Å². The zero-order chi connectivity index (χ0) is 13.9. The molecule has 0 aromatic heterocycles. The average Bonchev–Trinajstić information content (AvgIpc) is 3.06. The van der Waals surface area contributed by atoms with Gasteiger partial charge in [0.25, 0.3) is 0 Å². The highest BCUT2D eigenvalue weighted by Crippen LogP contribution is 2.43. The standard InChI is InChI=1S/C17H34N2/c1-4-15-9-10-17(11-15,13-18)19(12-14(2)3)16-7-5-6-8-16/h14-16H,4-13,18H2,1-3H3. The van der Waals surface area contributed by atoms with Gasteiger partial charge in [-0.2, -0.15) is 0 Å². The molecule has 0 saturated heterocycles. The minimum Gasteiger partial charge on any atom is -0.329 e. The summed E-state index contributed by atoms with van der Waals surface area (Å²) < 4.78 is 0. The zero-order valence-electron chi connectivity index (χ0n) is 13.3. The maximum absolute atomic E-state index is 6.29. The van der Waals surface area contributed by atoms with Crippen LogP contribution in [0.5, 0.6) is 0 Å². The maximum atomic E-state index is 6.29. The molecule has 0 aromatic rings. The summed E-state index contributed by atoms with van der Waals surface area (Å²) in [5.41, 5.74) is 6.62. The van der Waals surface area contributed by atoms with Crippen LogP contribution in [0.15, 0.2) is 0 Å². The Balaban J connectivity index is 2.14. The lowest BCUT2D eigenvalue weighted by Gasteiger charge is -2.46. The van der Waals surface area contributed by atoms with Crippen LogP contribution in [0.1, 0.15) is 72.1 Å². The summed E-state index contributed by atoms with van der Waals surface area (Å²) in [4.78, 5) is 2.86. The molecule has 0 radical (unpaired) electrons. The van der Waals surface area contributed by atoms with Crippen molar-refractivity contribution in [3.05, 3.63) is 0 Å². The molecule has 2 rings (SSSR count). The number of hydrogen-bond acceptors (Lipinski definition) is 2. The van der Waals surface area contributed by atoms with Crippen molar-refractivity contribution in [2.75, 3.05) is 13.1 Å². The molecule has 0 spiro atoms. The molecule has 19 heavy (non-hydrogen) atoms. The molecule has 0 heterocycles. The Labute approximate surface area is 120 Å². The number of rotatable bonds is 6. The Morgan fingerprint density at radius 2 is 1.89 bits per heavy atom. The van der Waals surface area contributed by atoms with E-state index in [1.807, 2.05) is 0 Å². The molecular weight excluding hydrogens is 232 g/mol. The van der Waals surface area contributed by atoms with Crippen LogP contribution in [0, 0.1) is 11.8 Å². The maximum Gasteiger partial charge on any atom is 0.0337 e. The quantitative estimate of drug-likeness (QED) is 0.792. The largest absolute Gasteiger partial charge is 0.329 e. The minimum atomic E-state index is 0.333. The van der Waals surface area contributed by atoms with Gasteiger partial charge >= 0.3 is 0 Å². The second-order valence-corrected chi connectivity index (χ2v) is 7.43. The third-order valence-corrected chi connectivity index (χ3v) is 5.58. The highest BCUT2D eigenvalue weighted by atomic mass is 15.2. The van der Waals surface area contributed by atoms with E-state index in [0.29, 0.717) is 5.54 Å². The van der Waals surface area contributed by atoms with Crippen LogP contribution in [-0.2, 0) is 0 Å². The predicted molar refractivity (Wildman–Crippen MR) is 83.2 cm³/mol. The molecule has 2 unspecified atom stereocenters. The van der Waals surface area contributed by atoms with Crippen molar-refractivity contribution >= 4 is 0 Å². The van der Waals surface area contributed by atoms with Crippen molar-refractivity contribution < 1.29 is 0 Å².